The van der Waals surface area contributed by atoms with Crippen molar-refractivity contribution >= 4 is 23.2 Å². The molecule has 28 heavy (non-hydrogen) atoms. The van der Waals surface area contributed by atoms with Gasteiger partial charge >= 0.3 is 0 Å². The number of hydrogen-bond acceptors (Lipinski definition) is 5. The Morgan fingerprint density at radius 1 is 1.18 bits per heavy atom. The molecule has 0 saturated carbocycles. The summed E-state index contributed by atoms with van der Waals surface area (Å²) in [4.78, 5) is 36.8. The quantitative estimate of drug-likeness (QED) is 0.610. The number of likely N-dealkylation sites (tertiary alicyclic amines) is 1. The minimum Gasteiger partial charge on any atom is -0.484 e. The van der Waals surface area contributed by atoms with Gasteiger partial charge in [-0.15, -0.1) is 0 Å². The summed E-state index contributed by atoms with van der Waals surface area (Å²) in [7, 11) is 0. The normalized spacial score (nSPS) is 16.3. The number of hydrogen-bond donors (Lipinski definition) is 1. The van der Waals surface area contributed by atoms with Gasteiger partial charge in [-0.25, -0.2) is 0 Å². The lowest BCUT2D eigenvalue weighted by Crippen LogP contribution is -2.45. The lowest BCUT2D eigenvalue weighted by molar-refractivity contribution is -0.384. The molecule has 8 heteroatoms. The highest BCUT2D eigenvalue weighted by Gasteiger charge is 2.28. The van der Waals surface area contributed by atoms with Crippen molar-refractivity contribution in [2.24, 2.45) is 5.92 Å². The summed E-state index contributed by atoms with van der Waals surface area (Å²) in [6.45, 7) is 0.663. The van der Waals surface area contributed by atoms with Crippen molar-refractivity contribution < 1.29 is 19.2 Å². The fourth-order valence-electron chi connectivity index (χ4n) is 3.11. The summed E-state index contributed by atoms with van der Waals surface area (Å²) in [5.41, 5.74) is 0.630. The van der Waals surface area contributed by atoms with Gasteiger partial charge in [0.15, 0.2) is 6.61 Å². The lowest BCUT2D eigenvalue weighted by atomic mass is 9.97. The molecular formula is C20H21N3O5. The number of non-ortho nitro benzene ring substituents is 1. The van der Waals surface area contributed by atoms with Crippen LogP contribution in [-0.4, -0.2) is 41.3 Å². The van der Waals surface area contributed by atoms with Crippen LogP contribution in [0.2, 0.25) is 0 Å². The van der Waals surface area contributed by atoms with Crippen LogP contribution in [0.25, 0.3) is 0 Å². The molecule has 8 nitrogen and oxygen atoms in total. The second kappa shape index (κ2) is 8.98. The Kier molecular flexibility index (Phi) is 6.21. The average Bonchev–Trinajstić information content (AvgIpc) is 2.73. The fraction of sp³-hybridized carbons (Fsp3) is 0.300. The first-order valence-electron chi connectivity index (χ1n) is 9.04. The van der Waals surface area contributed by atoms with Crippen molar-refractivity contribution in [3.05, 3.63) is 64.7 Å². The summed E-state index contributed by atoms with van der Waals surface area (Å²) in [6, 6.07) is 14.9. The largest absolute Gasteiger partial charge is 0.484 e. The summed E-state index contributed by atoms with van der Waals surface area (Å²) >= 11 is 0. The summed E-state index contributed by atoms with van der Waals surface area (Å²) in [6.07, 6.45) is 1.45. The predicted octanol–water partition coefficient (Wildman–Crippen LogP) is 2.85. The maximum Gasteiger partial charge on any atom is 0.273 e. The molecule has 146 valence electrons. The topological polar surface area (TPSA) is 102 Å². The molecule has 2 aromatic rings. The molecule has 1 unspecified atom stereocenters. The number of piperidine rings is 1. The van der Waals surface area contributed by atoms with Crippen LogP contribution >= 0.6 is 0 Å². The Labute approximate surface area is 162 Å². The first-order valence-corrected chi connectivity index (χ1v) is 9.04. The van der Waals surface area contributed by atoms with Crippen LogP contribution in [0.15, 0.2) is 54.6 Å². The molecule has 2 aromatic carbocycles. The van der Waals surface area contributed by atoms with Crippen LogP contribution in [0, 0.1) is 16.0 Å². The fourth-order valence-corrected chi connectivity index (χ4v) is 3.11. The number of anilines is 1. The van der Waals surface area contributed by atoms with Crippen LogP contribution < -0.4 is 10.1 Å². The van der Waals surface area contributed by atoms with E-state index in [2.05, 4.69) is 5.32 Å². The van der Waals surface area contributed by atoms with Crippen molar-refractivity contribution in [2.45, 2.75) is 12.8 Å². The number of amides is 2. The van der Waals surface area contributed by atoms with Crippen LogP contribution in [0.1, 0.15) is 12.8 Å². The zero-order valence-corrected chi connectivity index (χ0v) is 15.2. The maximum atomic E-state index is 12.5. The van der Waals surface area contributed by atoms with Crippen molar-refractivity contribution in [1.29, 1.82) is 0 Å². The SMILES string of the molecule is O=C(Nc1ccccc1)C1CCCN(C(=O)COc2cccc([N+](=O)[O-])c2)C1. The minimum absolute atomic E-state index is 0.0967. The van der Waals surface area contributed by atoms with Crippen LogP contribution in [0.5, 0.6) is 5.75 Å². The number of nitro groups is 1. The number of para-hydroxylation sites is 1. The molecule has 0 radical (unpaired) electrons. The molecule has 0 spiro atoms. The van der Waals surface area contributed by atoms with Gasteiger partial charge in [-0.05, 0) is 31.0 Å². The molecule has 1 fully saturated rings. The molecule has 2 amide bonds. The first-order chi connectivity index (χ1) is 13.5. The van der Waals surface area contributed by atoms with E-state index in [-0.39, 0.29) is 35.8 Å². The van der Waals surface area contributed by atoms with Crippen LogP contribution in [0.3, 0.4) is 0 Å². The molecule has 1 N–H and O–H groups in total. The molecule has 1 heterocycles. The molecule has 3 rings (SSSR count). The minimum atomic E-state index is -0.519. The van der Waals surface area contributed by atoms with Crippen molar-refractivity contribution in [2.75, 3.05) is 25.0 Å². The van der Waals surface area contributed by atoms with Crippen molar-refractivity contribution in [3.63, 3.8) is 0 Å². The zero-order valence-electron chi connectivity index (χ0n) is 15.2. The number of nitro benzene ring substituents is 1. The Morgan fingerprint density at radius 3 is 2.71 bits per heavy atom. The van der Waals surface area contributed by atoms with Gasteiger partial charge in [0.1, 0.15) is 5.75 Å². The Morgan fingerprint density at radius 2 is 1.96 bits per heavy atom. The predicted molar refractivity (Wildman–Crippen MR) is 103 cm³/mol. The highest BCUT2D eigenvalue weighted by atomic mass is 16.6. The van der Waals surface area contributed by atoms with Gasteiger partial charge in [0, 0.05) is 24.8 Å². The monoisotopic (exact) mass is 383 g/mol. The van der Waals surface area contributed by atoms with E-state index >= 15 is 0 Å². The van der Waals surface area contributed by atoms with Gasteiger partial charge < -0.3 is 15.0 Å². The lowest BCUT2D eigenvalue weighted by Gasteiger charge is -2.32. The standard InChI is InChI=1S/C20H21N3O5/c24-19(14-28-18-10-4-9-17(12-18)23(26)27)22-11-5-6-15(13-22)20(25)21-16-7-2-1-3-8-16/h1-4,7-10,12,15H,5-6,11,13-14H2,(H,21,25). The molecule has 1 saturated heterocycles. The Bertz CT molecular complexity index is 856. The van der Waals surface area contributed by atoms with E-state index in [4.69, 9.17) is 4.74 Å². The van der Waals surface area contributed by atoms with E-state index in [9.17, 15) is 19.7 Å². The molecule has 1 atom stereocenters. The molecular weight excluding hydrogens is 362 g/mol. The molecule has 0 aromatic heterocycles. The summed E-state index contributed by atoms with van der Waals surface area (Å²) in [5.74, 6) is -0.374. The van der Waals surface area contributed by atoms with Crippen LogP contribution in [-0.2, 0) is 9.59 Å². The molecule has 0 aliphatic carbocycles. The van der Waals surface area contributed by atoms with Crippen LogP contribution in [0.4, 0.5) is 11.4 Å². The number of benzene rings is 2. The first kappa shape index (κ1) is 19.3. The number of nitrogens with one attached hydrogen (secondary N) is 1. The molecule has 0 bridgehead atoms. The number of carbonyl (C=O) groups is 2. The summed E-state index contributed by atoms with van der Waals surface area (Å²) in [5, 5.41) is 13.7. The van der Waals surface area contributed by atoms with Gasteiger partial charge in [0.2, 0.25) is 5.91 Å². The number of ether oxygens (including phenoxy) is 1. The second-order valence-electron chi connectivity index (χ2n) is 6.58. The van der Waals surface area contributed by atoms with Crippen molar-refractivity contribution in [3.8, 4) is 5.75 Å². The molecule has 1 aliphatic rings. The van der Waals surface area contributed by atoms with E-state index in [1.165, 1.54) is 18.2 Å². The smallest absolute Gasteiger partial charge is 0.273 e. The Balaban J connectivity index is 1.53. The maximum absolute atomic E-state index is 12.5. The van der Waals surface area contributed by atoms with Crippen molar-refractivity contribution in [1.82, 2.24) is 4.90 Å². The van der Waals surface area contributed by atoms with E-state index in [0.717, 1.165) is 12.1 Å². The Hall–Kier alpha value is -3.42. The van der Waals surface area contributed by atoms with E-state index in [0.29, 0.717) is 19.5 Å². The van der Waals surface area contributed by atoms with E-state index < -0.39 is 4.92 Å². The average molecular weight is 383 g/mol. The number of nitrogens with zero attached hydrogens (tertiary/aromatic N) is 2. The third-order valence-corrected chi connectivity index (χ3v) is 4.58. The van der Waals surface area contributed by atoms with Gasteiger partial charge in [-0.2, -0.15) is 0 Å². The van der Waals surface area contributed by atoms with Gasteiger partial charge in [0.05, 0.1) is 16.9 Å². The van der Waals surface area contributed by atoms with E-state index in [1.807, 2.05) is 30.3 Å². The van der Waals surface area contributed by atoms with Gasteiger partial charge in [-0.3, -0.25) is 19.7 Å². The van der Waals surface area contributed by atoms with Gasteiger partial charge in [0.25, 0.3) is 11.6 Å². The highest BCUT2D eigenvalue weighted by molar-refractivity contribution is 5.93. The number of carbonyl (C=O) groups excluding carboxylic acids is 2. The zero-order chi connectivity index (χ0) is 19.9. The van der Waals surface area contributed by atoms with E-state index in [1.54, 1.807) is 11.0 Å². The highest BCUT2D eigenvalue weighted by Crippen LogP contribution is 2.21. The van der Waals surface area contributed by atoms with Gasteiger partial charge in [-0.1, -0.05) is 24.3 Å². The second-order valence-corrected chi connectivity index (χ2v) is 6.58. The molecule has 1 aliphatic heterocycles. The third kappa shape index (κ3) is 5.06. The summed E-state index contributed by atoms with van der Waals surface area (Å²) < 4.78 is 5.41. The number of rotatable bonds is 6. The third-order valence-electron chi connectivity index (χ3n) is 4.58.